The summed E-state index contributed by atoms with van der Waals surface area (Å²) in [5, 5.41) is 8.43. The van der Waals surface area contributed by atoms with E-state index in [0.29, 0.717) is 19.6 Å². The molecule has 1 heterocycles. The molecule has 0 amide bonds. The maximum atomic E-state index is 11.1. The van der Waals surface area contributed by atoms with E-state index in [0.717, 1.165) is 18.9 Å². The van der Waals surface area contributed by atoms with Crippen LogP contribution in [-0.4, -0.2) is 32.1 Å². The fourth-order valence-corrected chi connectivity index (χ4v) is 2.12. The van der Waals surface area contributed by atoms with Gasteiger partial charge in [-0.05, 0) is 24.8 Å². The maximum absolute atomic E-state index is 11.1. The number of aliphatic imine (C=N–C) groups is 1. The topological polar surface area (TPSA) is 62.7 Å². The Bertz CT molecular complexity index is 391. The lowest BCUT2D eigenvalue weighted by molar-refractivity contribution is -0.143. The van der Waals surface area contributed by atoms with Gasteiger partial charge in [-0.2, -0.15) is 0 Å². The molecule has 0 fully saturated rings. The molecule has 1 rings (SSSR count). The molecule has 0 aliphatic carbocycles. The summed E-state index contributed by atoms with van der Waals surface area (Å²) in [5.41, 5.74) is 0. The highest BCUT2D eigenvalue weighted by Gasteiger charge is 2.02. The van der Waals surface area contributed by atoms with Crippen LogP contribution in [0.3, 0.4) is 0 Å². The largest absolute Gasteiger partial charge is 0.466 e. The maximum Gasteiger partial charge on any atom is 0.305 e. The summed E-state index contributed by atoms with van der Waals surface area (Å²) in [6.45, 7) is 3.71. The fraction of sp³-hybridized carbons (Fsp3) is 0.538. The molecule has 106 valence electrons. The number of hydrogen-bond acceptors (Lipinski definition) is 4. The van der Waals surface area contributed by atoms with Crippen LogP contribution in [0.2, 0.25) is 0 Å². The highest BCUT2D eigenvalue weighted by molar-refractivity contribution is 7.09. The molecule has 6 heteroatoms. The lowest BCUT2D eigenvalue weighted by Crippen LogP contribution is -2.37. The molecule has 0 spiro atoms. The van der Waals surface area contributed by atoms with Crippen molar-refractivity contribution in [2.75, 3.05) is 20.2 Å². The predicted molar refractivity (Wildman–Crippen MR) is 78.4 cm³/mol. The third-order valence-corrected chi connectivity index (χ3v) is 3.27. The van der Waals surface area contributed by atoms with E-state index in [-0.39, 0.29) is 5.97 Å². The van der Waals surface area contributed by atoms with Gasteiger partial charge in [0.15, 0.2) is 5.96 Å². The average Bonchev–Trinajstić information content (AvgIpc) is 2.91. The van der Waals surface area contributed by atoms with E-state index in [1.54, 1.807) is 18.4 Å². The zero-order chi connectivity index (χ0) is 13.9. The van der Waals surface area contributed by atoms with Crippen LogP contribution < -0.4 is 10.6 Å². The minimum atomic E-state index is -0.147. The Morgan fingerprint density at radius 1 is 1.47 bits per heavy atom. The van der Waals surface area contributed by atoms with Crippen LogP contribution in [-0.2, 0) is 16.1 Å². The summed E-state index contributed by atoms with van der Waals surface area (Å²) in [4.78, 5) is 16.5. The normalized spacial score (nSPS) is 11.2. The Morgan fingerprint density at radius 3 is 2.95 bits per heavy atom. The van der Waals surface area contributed by atoms with E-state index in [4.69, 9.17) is 4.74 Å². The molecule has 0 atom stereocenters. The lowest BCUT2D eigenvalue weighted by atomic mass is 10.3. The van der Waals surface area contributed by atoms with Crippen LogP contribution in [0.4, 0.5) is 0 Å². The molecule has 0 saturated heterocycles. The van der Waals surface area contributed by atoms with E-state index >= 15 is 0 Å². The van der Waals surface area contributed by atoms with Crippen molar-refractivity contribution in [3.8, 4) is 0 Å². The highest BCUT2D eigenvalue weighted by atomic mass is 32.1. The van der Waals surface area contributed by atoms with Crippen molar-refractivity contribution in [2.24, 2.45) is 4.99 Å². The Kier molecular flexibility index (Phi) is 7.65. The molecule has 1 aromatic rings. The van der Waals surface area contributed by atoms with Crippen LogP contribution >= 0.6 is 11.3 Å². The fourth-order valence-electron chi connectivity index (χ4n) is 1.48. The summed E-state index contributed by atoms with van der Waals surface area (Å²) in [7, 11) is 1.73. The molecule has 0 unspecified atom stereocenters. The average molecular weight is 283 g/mol. The molecule has 1 aromatic heterocycles. The number of rotatable bonds is 7. The number of guanidine groups is 1. The highest BCUT2D eigenvalue weighted by Crippen LogP contribution is 2.07. The molecule has 0 aromatic carbocycles. The number of carbonyl (C=O) groups is 1. The van der Waals surface area contributed by atoms with Gasteiger partial charge in [0.2, 0.25) is 0 Å². The minimum Gasteiger partial charge on any atom is -0.466 e. The van der Waals surface area contributed by atoms with Gasteiger partial charge in [-0.3, -0.25) is 9.79 Å². The van der Waals surface area contributed by atoms with E-state index in [2.05, 4.69) is 21.7 Å². The second-order valence-corrected chi connectivity index (χ2v) is 4.87. The first-order valence-corrected chi connectivity index (χ1v) is 7.26. The van der Waals surface area contributed by atoms with Crippen LogP contribution in [0, 0.1) is 0 Å². The molecule has 5 nitrogen and oxygen atoms in total. The Balaban J connectivity index is 2.13. The van der Waals surface area contributed by atoms with Crippen molar-refractivity contribution < 1.29 is 9.53 Å². The Morgan fingerprint density at radius 2 is 2.32 bits per heavy atom. The van der Waals surface area contributed by atoms with Gasteiger partial charge in [0, 0.05) is 24.9 Å². The van der Waals surface area contributed by atoms with Gasteiger partial charge >= 0.3 is 5.97 Å². The molecule has 0 bridgehead atoms. The summed E-state index contributed by atoms with van der Waals surface area (Å²) in [5.74, 6) is 0.600. The van der Waals surface area contributed by atoms with Crippen LogP contribution in [0.15, 0.2) is 22.5 Å². The SMILES string of the molecule is CCOC(=O)CCCNC(=NC)NCc1cccs1. The number of nitrogens with one attached hydrogen (secondary N) is 2. The quantitative estimate of drug-likeness (QED) is 0.346. The number of nitrogens with zero attached hydrogens (tertiary/aromatic N) is 1. The first-order valence-electron chi connectivity index (χ1n) is 6.38. The van der Waals surface area contributed by atoms with E-state index in [1.165, 1.54) is 4.88 Å². The van der Waals surface area contributed by atoms with E-state index in [1.807, 2.05) is 18.4 Å². The second kappa shape index (κ2) is 9.38. The zero-order valence-corrected chi connectivity index (χ0v) is 12.3. The number of thiophene rings is 1. The van der Waals surface area contributed by atoms with Crippen molar-refractivity contribution in [1.29, 1.82) is 0 Å². The second-order valence-electron chi connectivity index (χ2n) is 3.84. The number of ether oxygens (including phenoxy) is 1. The molecule has 0 aliphatic rings. The minimum absolute atomic E-state index is 0.147. The van der Waals surface area contributed by atoms with Crippen molar-refractivity contribution in [3.63, 3.8) is 0 Å². The number of esters is 1. The summed E-state index contributed by atoms with van der Waals surface area (Å²) < 4.78 is 4.86. The monoisotopic (exact) mass is 283 g/mol. The van der Waals surface area contributed by atoms with Crippen molar-refractivity contribution in [1.82, 2.24) is 10.6 Å². The molecular formula is C13H21N3O2S. The van der Waals surface area contributed by atoms with Gasteiger partial charge < -0.3 is 15.4 Å². The number of hydrogen-bond donors (Lipinski definition) is 2. The first kappa shape index (κ1) is 15.5. The third kappa shape index (κ3) is 6.81. The van der Waals surface area contributed by atoms with E-state index in [9.17, 15) is 4.79 Å². The van der Waals surface area contributed by atoms with Gasteiger partial charge in [-0.15, -0.1) is 11.3 Å². The molecule has 0 radical (unpaired) electrons. The molecular weight excluding hydrogens is 262 g/mol. The molecule has 19 heavy (non-hydrogen) atoms. The van der Waals surface area contributed by atoms with Gasteiger partial charge in [-0.25, -0.2) is 0 Å². The molecule has 0 aliphatic heterocycles. The number of carbonyl (C=O) groups excluding carboxylic acids is 1. The van der Waals surface area contributed by atoms with Gasteiger partial charge in [-0.1, -0.05) is 6.07 Å². The molecule has 0 saturated carbocycles. The summed E-state index contributed by atoms with van der Waals surface area (Å²) in [6.07, 6.45) is 1.17. The molecule has 2 N–H and O–H groups in total. The van der Waals surface area contributed by atoms with Crippen molar-refractivity contribution in [3.05, 3.63) is 22.4 Å². The van der Waals surface area contributed by atoms with Crippen LogP contribution in [0.5, 0.6) is 0 Å². The van der Waals surface area contributed by atoms with Crippen molar-refractivity contribution in [2.45, 2.75) is 26.3 Å². The Hall–Kier alpha value is -1.56. The van der Waals surface area contributed by atoms with E-state index < -0.39 is 0 Å². The lowest BCUT2D eigenvalue weighted by Gasteiger charge is -2.10. The predicted octanol–water partition coefficient (Wildman–Crippen LogP) is 1.76. The standard InChI is InChI=1S/C13H21N3O2S/c1-3-18-12(17)7-4-8-15-13(14-2)16-10-11-6-5-9-19-11/h5-6,9H,3-4,7-8,10H2,1-2H3,(H2,14,15,16). The van der Waals surface area contributed by atoms with Gasteiger partial charge in [0.25, 0.3) is 0 Å². The van der Waals surface area contributed by atoms with Gasteiger partial charge in [0.1, 0.15) is 0 Å². The van der Waals surface area contributed by atoms with Gasteiger partial charge in [0.05, 0.1) is 13.2 Å². The van der Waals surface area contributed by atoms with Crippen molar-refractivity contribution >= 4 is 23.3 Å². The third-order valence-electron chi connectivity index (χ3n) is 2.39. The Labute approximate surface area is 118 Å². The first-order chi connectivity index (χ1) is 9.26. The summed E-state index contributed by atoms with van der Waals surface area (Å²) >= 11 is 1.71. The summed E-state index contributed by atoms with van der Waals surface area (Å²) in [6, 6.07) is 4.10. The van der Waals surface area contributed by atoms with Crippen LogP contribution in [0.1, 0.15) is 24.6 Å². The smallest absolute Gasteiger partial charge is 0.305 e. The zero-order valence-electron chi connectivity index (χ0n) is 11.4. The van der Waals surface area contributed by atoms with Crippen LogP contribution in [0.25, 0.3) is 0 Å².